The SMILES string of the molecule is COc1ccc(-c2ccc3c(c2)CC(NC(=O)Cc2[nH]c(=O)[nH]c2O)C3)cn1. The third-order valence-electron chi connectivity index (χ3n) is 4.90. The summed E-state index contributed by atoms with van der Waals surface area (Å²) in [6.07, 6.45) is 3.17. The molecule has 8 heteroatoms. The maximum atomic E-state index is 12.3. The van der Waals surface area contributed by atoms with Crippen LogP contribution in [0.2, 0.25) is 0 Å². The van der Waals surface area contributed by atoms with E-state index >= 15 is 0 Å². The fraction of sp³-hybridized carbons (Fsp3) is 0.250. The standard InChI is InChI=1S/C20H20N4O4/c1-28-18-5-4-13(10-21-18)11-2-3-12-7-15(8-14(12)6-11)22-17(25)9-16-19(26)24-20(27)23-16/h2-6,10,15,26H,7-9H2,1H3,(H,22,25)(H2,23,24,27). The molecule has 1 aliphatic carbocycles. The smallest absolute Gasteiger partial charge is 0.325 e. The number of carbonyl (C=O) groups is 1. The molecule has 2 aromatic heterocycles. The molecule has 0 radical (unpaired) electrons. The van der Waals surface area contributed by atoms with E-state index in [1.165, 1.54) is 11.1 Å². The molecule has 1 aromatic carbocycles. The van der Waals surface area contributed by atoms with Gasteiger partial charge in [-0.05, 0) is 35.6 Å². The van der Waals surface area contributed by atoms with Crippen molar-refractivity contribution < 1.29 is 14.6 Å². The van der Waals surface area contributed by atoms with E-state index in [9.17, 15) is 14.7 Å². The molecule has 0 saturated heterocycles. The highest BCUT2D eigenvalue weighted by Crippen LogP contribution is 2.28. The number of fused-ring (bicyclic) bond motifs is 1. The number of ether oxygens (including phenoxy) is 1. The normalized spacial score (nSPS) is 15.2. The molecule has 144 valence electrons. The first-order valence-corrected chi connectivity index (χ1v) is 8.93. The Bertz CT molecular complexity index is 1070. The highest BCUT2D eigenvalue weighted by Gasteiger charge is 2.24. The van der Waals surface area contributed by atoms with E-state index in [0.29, 0.717) is 5.88 Å². The molecule has 0 spiro atoms. The van der Waals surface area contributed by atoms with Crippen LogP contribution in [0.25, 0.3) is 11.1 Å². The minimum atomic E-state index is -0.533. The number of H-pyrrole nitrogens is 2. The van der Waals surface area contributed by atoms with Gasteiger partial charge in [0, 0.05) is 23.9 Å². The number of aromatic nitrogens is 3. The highest BCUT2D eigenvalue weighted by atomic mass is 16.5. The maximum Gasteiger partial charge on any atom is 0.325 e. The van der Waals surface area contributed by atoms with Crippen LogP contribution in [0, 0.1) is 0 Å². The molecule has 1 atom stereocenters. The van der Waals surface area contributed by atoms with Gasteiger partial charge >= 0.3 is 5.69 Å². The molecule has 4 rings (SSSR count). The zero-order valence-electron chi connectivity index (χ0n) is 15.3. The van der Waals surface area contributed by atoms with E-state index in [-0.39, 0.29) is 29.9 Å². The fourth-order valence-electron chi connectivity index (χ4n) is 3.55. The van der Waals surface area contributed by atoms with Gasteiger partial charge in [0.1, 0.15) is 0 Å². The van der Waals surface area contributed by atoms with Crippen LogP contribution in [0.1, 0.15) is 16.8 Å². The van der Waals surface area contributed by atoms with E-state index in [0.717, 1.165) is 24.0 Å². The van der Waals surface area contributed by atoms with Crippen molar-refractivity contribution in [1.29, 1.82) is 0 Å². The molecule has 0 aliphatic heterocycles. The first kappa shape index (κ1) is 17.8. The molecule has 0 saturated carbocycles. The lowest BCUT2D eigenvalue weighted by atomic mass is 10.0. The quantitative estimate of drug-likeness (QED) is 0.532. The minimum Gasteiger partial charge on any atom is -0.493 e. The molecule has 3 aromatic rings. The number of aromatic hydroxyl groups is 1. The Morgan fingerprint density at radius 1 is 1.21 bits per heavy atom. The zero-order valence-corrected chi connectivity index (χ0v) is 15.3. The third kappa shape index (κ3) is 3.62. The van der Waals surface area contributed by atoms with Crippen LogP contribution in [0.5, 0.6) is 11.8 Å². The number of benzene rings is 1. The second-order valence-electron chi connectivity index (χ2n) is 6.83. The van der Waals surface area contributed by atoms with Crippen molar-refractivity contribution in [3.8, 4) is 22.9 Å². The summed E-state index contributed by atoms with van der Waals surface area (Å²) in [4.78, 5) is 32.3. The predicted octanol–water partition coefficient (Wildman–Crippen LogP) is 1.31. The highest BCUT2D eigenvalue weighted by molar-refractivity contribution is 5.79. The Labute approximate surface area is 160 Å². The topological polar surface area (TPSA) is 120 Å². The second-order valence-corrected chi connectivity index (χ2v) is 6.83. The number of carbonyl (C=O) groups excluding carboxylic acids is 1. The lowest BCUT2D eigenvalue weighted by molar-refractivity contribution is -0.121. The molecule has 0 fully saturated rings. The van der Waals surface area contributed by atoms with Gasteiger partial charge in [0.05, 0.1) is 19.2 Å². The number of rotatable bonds is 5. The van der Waals surface area contributed by atoms with Crippen LogP contribution < -0.4 is 15.7 Å². The third-order valence-corrected chi connectivity index (χ3v) is 4.90. The average molecular weight is 380 g/mol. The molecule has 4 N–H and O–H groups in total. The van der Waals surface area contributed by atoms with Gasteiger partial charge in [-0.3, -0.25) is 9.78 Å². The lowest BCUT2D eigenvalue weighted by Crippen LogP contribution is -2.36. The van der Waals surface area contributed by atoms with E-state index in [1.807, 2.05) is 12.1 Å². The molecular formula is C20H20N4O4. The van der Waals surface area contributed by atoms with Crippen molar-refractivity contribution in [3.63, 3.8) is 0 Å². The number of aromatic amines is 2. The van der Waals surface area contributed by atoms with Gasteiger partial charge in [0.15, 0.2) is 0 Å². The number of nitrogens with zero attached hydrogens (tertiary/aromatic N) is 1. The summed E-state index contributed by atoms with van der Waals surface area (Å²) in [5.74, 6) is 0.0259. The molecule has 1 amide bonds. The van der Waals surface area contributed by atoms with Gasteiger partial charge in [0.2, 0.25) is 17.7 Å². The van der Waals surface area contributed by atoms with E-state index < -0.39 is 5.69 Å². The number of pyridine rings is 1. The van der Waals surface area contributed by atoms with Crippen LogP contribution in [0.3, 0.4) is 0 Å². The van der Waals surface area contributed by atoms with Crippen LogP contribution in [-0.4, -0.2) is 39.1 Å². The van der Waals surface area contributed by atoms with Crippen molar-refractivity contribution in [2.75, 3.05) is 7.11 Å². The predicted molar refractivity (Wildman–Crippen MR) is 102 cm³/mol. The number of hydrogen-bond acceptors (Lipinski definition) is 5. The number of methoxy groups -OCH3 is 1. The van der Waals surface area contributed by atoms with Gasteiger partial charge < -0.3 is 20.1 Å². The van der Waals surface area contributed by atoms with Crippen LogP contribution in [0.15, 0.2) is 41.3 Å². The molecule has 1 aliphatic rings. The second kappa shape index (κ2) is 7.22. The molecule has 1 unspecified atom stereocenters. The van der Waals surface area contributed by atoms with Gasteiger partial charge in [-0.25, -0.2) is 9.78 Å². The average Bonchev–Trinajstić information content (AvgIpc) is 3.22. The van der Waals surface area contributed by atoms with Crippen LogP contribution in [-0.2, 0) is 24.1 Å². The summed E-state index contributed by atoms with van der Waals surface area (Å²) in [6, 6.07) is 10.0. The van der Waals surface area contributed by atoms with E-state index in [4.69, 9.17) is 4.74 Å². The van der Waals surface area contributed by atoms with E-state index in [2.05, 4.69) is 38.5 Å². The number of nitrogens with one attached hydrogen (secondary N) is 3. The van der Waals surface area contributed by atoms with Gasteiger partial charge in [0.25, 0.3) is 0 Å². The Kier molecular flexibility index (Phi) is 4.60. The molecule has 0 bridgehead atoms. The molecule has 8 nitrogen and oxygen atoms in total. The first-order chi connectivity index (χ1) is 13.5. The van der Waals surface area contributed by atoms with Gasteiger partial charge in [-0.2, -0.15) is 0 Å². The summed E-state index contributed by atoms with van der Waals surface area (Å²) in [5, 5.41) is 12.5. The Balaban J connectivity index is 1.42. The molecule has 2 heterocycles. The lowest BCUT2D eigenvalue weighted by Gasteiger charge is -2.11. The zero-order chi connectivity index (χ0) is 19.7. The summed E-state index contributed by atoms with van der Waals surface area (Å²) in [7, 11) is 1.58. The Morgan fingerprint density at radius 2 is 2.00 bits per heavy atom. The largest absolute Gasteiger partial charge is 0.493 e. The van der Waals surface area contributed by atoms with Gasteiger partial charge in [-0.15, -0.1) is 0 Å². The Morgan fingerprint density at radius 3 is 2.68 bits per heavy atom. The summed E-state index contributed by atoms with van der Waals surface area (Å²) < 4.78 is 5.09. The van der Waals surface area contributed by atoms with Crippen molar-refractivity contribution in [2.45, 2.75) is 25.3 Å². The van der Waals surface area contributed by atoms with Crippen LogP contribution >= 0.6 is 0 Å². The molecular weight excluding hydrogens is 360 g/mol. The number of hydrogen-bond donors (Lipinski definition) is 4. The van der Waals surface area contributed by atoms with Crippen molar-refractivity contribution in [1.82, 2.24) is 20.3 Å². The summed E-state index contributed by atoms with van der Waals surface area (Å²) >= 11 is 0. The Hall–Kier alpha value is -3.55. The van der Waals surface area contributed by atoms with Crippen molar-refractivity contribution in [2.24, 2.45) is 0 Å². The summed E-state index contributed by atoms with van der Waals surface area (Å²) in [5.41, 5.74) is 4.12. The van der Waals surface area contributed by atoms with Crippen molar-refractivity contribution >= 4 is 5.91 Å². The van der Waals surface area contributed by atoms with Gasteiger partial charge in [-0.1, -0.05) is 18.2 Å². The molecule has 28 heavy (non-hydrogen) atoms. The number of amides is 1. The van der Waals surface area contributed by atoms with E-state index in [1.54, 1.807) is 13.3 Å². The number of imidazole rings is 1. The maximum absolute atomic E-state index is 12.3. The van der Waals surface area contributed by atoms with Crippen LogP contribution in [0.4, 0.5) is 0 Å². The first-order valence-electron chi connectivity index (χ1n) is 8.93. The fourth-order valence-corrected chi connectivity index (χ4v) is 3.55. The van der Waals surface area contributed by atoms with Crippen molar-refractivity contribution in [3.05, 3.63) is 63.8 Å². The minimum absolute atomic E-state index is 0.0143. The monoisotopic (exact) mass is 380 g/mol. The summed E-state index contributed by atoms with van der Waals surface area (Å²) in [6.45, 7) is 0.